The highest BCUT2D eigenvalue weighted by molar-refractivity contribution is 5.87. The number of hydrogen-bond donors (Lipinski definition) is 1. The largest absolute Gasteiger partial charge is 0.396 e. The molecule has 5 heteroatoms. The standard InChI is InChI=1S/C16H30N2O3/c1-3-5-7-9-14-13-15(10-8-6-4-2)21-18(17-14)16(20)11-12-19/h15,19H,3-13H2,1-2H3/t15-/m1/s1. The minimum absolute atomic E-state index is 0.0494. The fourth-order valence-electron chi connectivity index (χ4n) is 2.45. The maximum atomic E-state index is 11.9. The molecule has 0 aliphatic carbocycles. The molecule has 1 rings (SSSR count). The van der Waals surface area contributed by atoms with Crippen molar-refractivity contribution in [1.29, 1.82) is 0 Å². The second-order valence-electron chi connectivity index (χ2n) is 5.69. The molecule has 122 valence electrons. The Labute approximate surface area is 128 Å². The van der Waals surface area contributed by atoms with Gasteiger partial charge in [-0.25, -0.2) is 4.84 Å². The molecule has 1 heterocycles. The first-order chi connectivity index (χ1) is 10.2. The van der Waals surface area contributed by atoms with E-state index in [0.29, 0.717) is 0 Å². The summed E-state index contributed by atoms with van der Waals surface area (Å²) < 4.78 is 0. The fraction of sp³-hybridized carbons (Fsp3) is 0.875. The van der Waals surface area contributed by atoms with E-state index in [1.165, 1.54) is 25.7 Å². The van der Waals surface area contributed by atoms with Crippen LogP contribution in [0.3, 0.4) is 0 Å². The Hall–Kier alpha value is -0.940. The normalized spacial score (nSPS) is 18.7. The molecule has 0 saturated heterocycles. The summed E-state index contributed by atoms with van der Waals surface area (Å²) in [6, 6.07) is 0. The molecule has 1 amide bonds. The summed E-state index contributed by atoms with van der Waals surface area (Å²) in [5.41, 5.74) is 1.06. The summed E-state index contributed by atoms with van der Waals surface area (Å²) in [5, 5.41) is 14.3. The zero-order valence-electron chi connectivity index (χ0n) is 13.5. The average Bonchev–Trinajstić information content (AvgIpc) is 2.48. The molecule has 0 unspecified atom stereocenters. The number of hydrogen-bond acceptors (Lipinski definition) is 4. The van der Waals surface area contributed by atoms with Gasteiger partial charge in [0.25, 0.3) is 5.91 Å². The quantitative estimate of drug-likeness (QED) is 0.629. The minimum atomic E-state index is -0.259. The first-order valence-electron chi connectivity index (χ1n) is 8.38. The molecule has 1 N–H and O–H groups in total. The molecular weight excluding hydrogens is 268 g/mol. The van der Waals surface area contributed by atoms with Crippen LogP contribution in [0.5, 0.6) is 0 Å². The summed E-state index contributed by atoms with van der Waals surface area (Å²) in [5.74, 6) is -0.259. The first-order valence-corrected chi connectivity index (χ1v) is 8.38. The fourth-order valence-corrected chi connectivity index (χ4v) is 2.45. The van der Waals surface area contributed by atoms with E-state index in [9.17, 15) is 4.79 Å². The van der Waals surface area contributed by atoms with Gasteiger partial charge in [0.15, 0.2) is 0 Å². The van der Waals surface area contributed by atoms with Gasteiger partial charge in [0, 0.05) is 12.1 Å². The van der Waals surface area contributed by atoms with Gasteiger partial charge in [0.2, 0.25) is 0 Å². The first kappa shape index (κ1) is 18.1. The third-order valence-electron chi connectivity index (χ3n) is 3.68. The van der Waals surface area contributed by atoms with Crippen LogP contribution in [0.25, 0.3) is 0 Å². The number of aliphatic hydroxyl groups is 1. The van der Waals surface area contributed by atoms with Crippen molar-refractivity contribution in [1.82, 2.24) is 5.17 Å². The van der Waals surface area contributed by atoms with E-state index < -0.39 is 0 Å². The molecule has 0 radical (unpaired) electrons. The Balaban J connectivity index is 2.58. The lowest BCUT2D eigenvalue weighted by Gasteiger charge is -2.29. The van der Waals surface area contributed by atoms with Crippen molar-refractivity contribution in [2.24, 2.45) is 5.10 Å². The molecule has 1 aliphatic rings. The lowest BCUT2D eigenvalue weighted by Crippen LogP contribution is -2.38. The molecular formula is C16H30N2O3. The lowest BCUT2D eigenvalue weighted by molar-refractivity contribution is -0.212. The molecule has 0 saturated carbocycles. The SMILES string of the molecule is CCCCCC1=NN(C(=O)CCO)O[C@H](CCCCC)C1. The van der Waals surface area contributed by atoms with Gasteiger partial charge in [0.1, 0.15) is 0 Å². The molecule has 0 fully saturated rings. The summed E-state index contributed by atoms with van der Waals surface area (Å²) in [6.07, 6.45) is 9.79. The van der Waals surface area contributed by atoms with Gasteiger partial charge in [-0.1, -0.05) is 46.0 Å². The van der Waals surface area contributed by atoms with Gasteiger partial charge in [-0.05, 0) is 19.3 Å². The highest BCUT2D eigenvalue weighted by atomic mass is 16.7. The number of hydroxylamine groups is 1. The predicted octanol–water partition coefficient (Wildman–Crippen LogP) is 3.42. The van der Waals surface area contributed by atoms with E-state index >= 15 is 0 Å². The predicted molar refractivity (Wildman–Crippen MR) is 83.8 cm³/mol. The van der Waals surface area contributed by atoms with Gasteiger partial charge < -0.3 is 5.11 Å². The Kier molecular flexibility index (Phi) is 9.26. The molecule has 5 nitrogen and oxygen atoms in total. The average molecular weight is 298 g/mol. The van der Waals surface area contributed by atoms with E-state index in [-0.39, 0.29) is 25.0 Å². The van der Waals surface area contributed by atoms with Crippen LogP contribution in [0, 0.1) is 0 Å². The zero-order chi connectivity index (χ0) is 15.5. The monoisotopic (exact) mass is 298 g/mol. The number of aliphatic hydroxyl groups excluding tert-OH is 1. The van der Waals surface area contributed by atoms with Crippen LogP contribution in [0.15, 0.2) is 5.10 Å². The van der Waals surface area contributed by atoms with Crippen LogP contribution in [0.2, 0.25) is 0 Å². The summed E-state index contributed by atoms with van der Waals surface area (Å²) in [7, 11) is 0. The summed E-state index contributed by atoms with van der Waals surface area (Å²) in [4.78, 5) is 17.6. The van der Waals surface area contributed by atoms with Crippen molar-refractivity contribution in [3.05, 3.63) is 0 Å². The molecule has 0 aromatic carbocycles. The second kappa shape index (κ2) is 10.7. The van der Waals surface area contributed by atoms with Crippen LogP contribution >= 0.6 is 0 Å². The smallest absolute Gasteiger partial charge is 0.271 e. The van der Waals surface area contributed by atoms with Crippen LogP contribution in [0.1, 0.15) is 78.1 Å². The van der Waals surface area contributed by atoms with Gasteiger partial charge in [0.05, 0.1) is 19.1 Å². The number of carbonyl (C=O) groups is 1. The van der Waals surface area contributed by atoms with Crippen molar-refractivity contribution in [3.63, 3.8) is 0 Å². The molecule has 0 bridgehead atoms. The van der Waals surface area contributed by atoms with Crippen molar-refractivity contribution < 1.29 is 14.7 Å². The van der Waals surface area contributed by atoms with Crippen molar-refractivity contribution in [2.45, 2.75) is 84.2 Å². The molecule has 0 spiro atoms. The Morgan fingerprint density at radius 3 is 2.67 bits per heavy atom. The van der Waals surface area contributed by atoms with Crippen LogP contribution in [0.4, 0.5) is 0 Å². The maximum Gasteiger partial charge on any atom is 0.271 e. The Morgan fingerprint density at radius 2 is 2.00 bits per heavy atom. The highest BCUT2D eigenvalue weighted by Crippen LogP contribution is 2.21. The molecule has 0 aromatic heterocycles. The maximum absolute atomic E-state index is 11.9. The van der Waals surface area contributed by atoms with E-state index in [1.54, 1.807) is 0 Å². The second-order valence-corrected chi connectivity index (χ2v) is 5.69. The number of carbonyl (C=O) groups excluding carboxylic acids is 1. The summed E-state index contributed by atoms with van der Waals surface area (Å²) >= 11 is 0. The molecule has 1 aliphatic heterocycles. The van der Waals surface area contributed by atoms with Gasteiger partial charge in [-0.15, -0.1) is 5.17 Å². The number of nitrogens with zero attached hydrogens (tertiary/aromatic N) is 2. The zero-order valence-corrected chi connectivity index (χ0v) is 13.5. The van der Waals surface area contributed by atoms with Gasteiger partial charge >= 0.3 is 0 Å². The van der Waals surface area contributed by atoms with E-state index in [0.717, 1.165) is 43.0 Å². The van der Waals surface area contributed by atoms with Crippen LogP contribution in [-0.4, -0.2) is 34.6 Å². The van der Waals surface area contributed by atoms with Gasteiger partial charge in [-0.3, -0.25) is 4.79 Å². The topological polar surface area (TPSA) is 62.1 Å². The molecule has 0 aromatic rings. The minimum Gasteiger partial charge on any atom is -0.396 e. The number of rotatable bonds is 10. The number of unbranched alkanes of at least 4 members (excludes halogenated alkanes) is 4. The van der Waals surface area contributed by atoms with Crippen molar-refractivity contribution in [2.75, 3.05) is 6.61 Å². The van der Waals surface area contributed by atoms with Crippen molar-refractivity contribution in [3.8, 4) is 0 Å². The highest BCUT2D eigenvalue weighted by Gasteiger charge is 2.26. The van der Waals surface area contributed by atoms with Crippen molar-refractivity contribution >= 4 is 11.6 Å². The Bertz CT molecular complexity index is 331. The Morgan fingerprint density at radius 1 is 1.29 bits per heavy atom. The molecule has 21 heavy (non-hydrogen) atoms. The van der Waals surface area contributed by atoms with E-state index in [4.69, 9.17) is 9.94 Å². The number of amides is 1. The van der Waals surface area contributed by atoms with E-state index in [1.807, 2.05) is 0 Å². The van der Waals surface area contributed by atoms with E-state index in [2.05, 4.69) is 18.9 Å². The van der Waals surface area contributed by atoms with Gasteiger partial charge in [-0.2, -0.15) is 5.10 Å². The van der Waals surface area contributed by atoms with Crippen LogP contribution in [-0.2, 0) is 9.63 Å². The summed E-state index contributed by atoms with van der Waals surface area (Å²) in [6.45, 7) is 4.19. The third-order valence-corrected chi connectivity index (χ3v) is 3.68. The number of hydrazone groups is 1. The molecule has 1 atom stereocenters. The van der Waals surface area contributed by atoms with Crippen LogP contribution < -0.4 is 0 Å². The third kappa shape index (κ3) is 7.05. The lowest BCUT2D eigenvalue weighted by atomic mass is 10.0.